The Labute approximate surface area is 154 Å². The third kappa shape index (κ3) is 4.37. The van der Waals surface area contributed by atoms with E-state index >= 15 is 0 Å². The number of alkyl halides is 3. The highest BCUT2D eigenvalue weighted by Gasteiger charge is 2.30. The van der Waals surface area contributed by atoms with Gasteiger partial charge in [0.25, 0.3) is 5.56 Å². The van der Waals surface area contributed by atoms with E-state index in [-0.39, 0.29) is 40.7 Å². The molecule has 1 aromatic heterocycles. The smallest absolute Gasteiger partial charge is 0.416 e. The van der Waals surface area contributed by atoms with Gasteiger partial charge >= 0.3 is 6.18 Å². The Morgan fingerprint density at radius 3 is 2.59 bits per heavy atom. The van der Waals surface area contributed by atoms with Crippen molar-refractivity contribution >= 4 is 11.9 Å². The summed E-state index contributed by atoms with van der Waals surface area (Å²) in [6.07, 6.45) is -3.33. The van der Waals surface area contributed by atoms with Crippen molar-refractivity contribution in [3.8, 4) is 11.9 Å². The Morgan fingerprint density at radius 2 is 2.04 bits per heavy atom. The largest absolute Gasteiger partial charge is 0.494 e. The van der Waals surface area contributed by atoms with Crippen LogP contribution < -0.4 is 5.56 Å². The average Bonchev–Trinajstić information content (AvgIpc) is 2.58. The molecule has 142 valence electrons. The number of nitrogens with zero attached hydrogens (tertiary/aromatic N) is 3. The highest BCUT2D eigenvalue weighted by molar-refractivity contribution is 5.87. The zero-order valence-electron chi connectivity index (χ0n) is 15.0. The number of aromatic hydroxyl groups is 1. The number of halogens is 3. The number of benzene rings is 1. The van der Waals surface area contributed by atoms with E-state index in [1.54, 1.807) is 0 Å². The number of nitriles is 1. The first kappa shape index (κ1) is 20.2. The van der Waals surface area contributed by atoms with Crippen molar-refractivity contribution in [1.82, 2.24) is 4.57 Å². The number of aliphatic imine (C=N–C) groups is 1. The summed E-state index contributed by atoms with van der Waals surface area (Å²) in [7, 11) is 0. The summed E-state index contributed by atoms with van der Waals surface area (Å²) in [5.74, 6) is -0.350. The third-order valence-corrected chi connectivity index (χ3v) is 3.91. The van der Waals surface area contributed by atoms with Gasteiger partial charge in [-0.3, -0.25) is 14.4 Å². The molecule has 0 saturated carbocycles. The van der Waals surface area contributed by atoms with Gasteiger partial charge in [-0.15, -0.1) is 0 Å². The molecule has 2 aromatic rings. The maximum Gasteiger partial charge on any atom is 0.416 e. The number of rotatable bonds is 4. The van der Waals surface area contributed by atoms with E-state index in [9.17, 15) is 28.3 Å². The lowest BCUT2D eigenvalue weighted by molar-refractivity contribution is -0.137. The second-order valence-electron chi connectivity index (χ2n) is 6.46. The molecule has 1 aromatic carbocycles. The van der Waals surface area contributed by atoms with Gasteiger partial charge in [-0.2, -0.15) is 18.4 Å². The summed E-state index contributed by atoms with van der Waals surface area (Å²) in [5, 5.41) is 19.7. The van der Waals surface area contributed by atoms with Gasteiger partial charge in [0.2, 0.25) is 5.88 Å². The second kappa shape index (κ2) is 7.66. The molecule has 1 heterocycles. The van der Waals surface area contributed by atoms with E-state index < -0.39 is 17.3 Å². The summed E-state index contributed by atoms with van der Waals surface area (Å²) >= 11 is 0. The van der Waals surface area contributed by atoms with E-state index in [0.717, 1.165) is 22.9 Å². The van der Waals surface area contributed by atoms with Gasteiger partial charge in [-0.05, 0) is 36.6 Å². The van der Waals surface area contributed by atoms with Crippen molar-refractivity contribution < 1.29 is 18.3 Å². The van der Waals surface area contributed by atoms with E-state index in [0.29, 0.717) is 0 Å². The minimum absolute atomic E-state index is 0.0242. The Balaban J connectivity index is 2.58. The first-order chi connectivity index (χ1) is 12.6. The van der Waals surface area contributed by atoms with Crippen molar-refractivity contribution in [2.45, 2.75) is 33.5 Å². The number of pyridine rings is 1. The van der Waals surface area contributed by atoms with E-state index in [1.807, 2.05) is 19.9 Å². The van der Waals surface area contributed by atoms with Crippen molar-refractivity contribution in [3.05, 3.63) is 56.9 Å². The summed E-state index contributed by atoms with van der Waals surface area (Å²) < 4.78 is 39.5. The maximum absolute atomic E-state index is 12.8. The lowest BCUT2D eigenvalue weighted by atomic mass is 10.1. The zero-order chi connectivity index (χ0) is 20.4. The van der Waals surface area contributed by atoms with Crippen LogP contribution in [0.4, 0.5) is 18.9 Å². The molecular formula is C19H18F3N3O2. The molecule has 0 aliphatic carbocycles. The second-order valence-corrected chi connectivity index (χ2v) is 6.46. The predicted molar refractivity (Wildman–Crippen MR) is 95.4 cm³/mol. The van der Waals surface area contributed by atoms with Crippen LogP contribution in [0, 0.1) is 24.2 Å². The molecular weight excluding hydrogens is 359 g/mol. The van der Waals surface area contributed by atoms with Crippen molar-refractivity contribution in [1.29, 1.82) is 5.26 Å². The molecule has 0 fully saturated rings. The topological polar surface area (TPSA) is 78.4 Å². The van der Waals surface area contributed by atoms with Crippen molar-refractivity contribution in [2.24, 2.45) is 10.9 Å². The van der Waals surface area contributed by atoms with Gasteiger partial charge in [-0.1, -0.05) is 19.9 Å². The van der Waals surface area contributed by atoms with Crippen LogP contribution in [-0.4, -0.2) is 15.9 Å². The van der Waals surface area contributed by atoms with Crippen LogP contribution in [0.15, 0.2) is 34.1 Å². The van der Waals surface area contributed by atoms with E-state index in [1.165, 1.54) is 19.1 Å². The molecule has 27 heavy (non-hydrogen) atoms. The standard InChI is InChI=1S/C19H18F3N3O2/c1-11(2)10-25-17(26)15(8-23)12(3)16(18(25)27)9-24-14-6-4-5-13(7-14)19(20,21)22/h4-7,9,11,27H,10H2,1-3H3. The lowest BCUT2D eigenvalue weighted by Crippen LogP contribution is -2.27. The number of hydrogen-bond donors (Lipinski definition) is 1. The average molecular weight is 377 g/mol. The highest BCUT2D eigenvalue weighted by atomic mass is 19.4. The molecule has 0 saturated heterocycles. The van der Waals surface area contributed by atoms with Crippen LogP contribution in [0.1, 0.15) is 36.1 Å². The summed E-state index contributed by atoms with van der Waals surface area (Å²) in [4.78, 5) is 16.4. The molecule has 1 N–H and O–H groups in total. The molecule has 0 spiro atoms. The zero-order valence-corrected chi connectivity index (χ0v) is 15.0. The summed E-state index contributed by atoms with van der Waals surface area (Å²) in [5.41, 5.74) is -1.24. The minimum atomic E-state index is -4.50. The van der Waals surface area contributed by atoms with Gasteiger partial charge in [0.15, 0.2) is 0 Å². The molecule has 0 radical (unpaired) electrons. The molecule has 0 unspecified atom stereocenters. The Kier molecular flexibility index (Phi) is 5.74. The highest BCUT2D eigenvalue weighted by Crippen LogP contribution is 2.31. The van der Waals surface area contributed by atoms with Crippen LogP contribution in [0.25, 0.3) is 0 Å². The number of aromatic nitrogens is 1. The van der Waals surface area contributed by atoms with Gasteiger partial charge in [0.05, 0.1) is 16.8 Å². The normalized spacial score (nSPS) is 11.9. The summed E-state index contributed by atoms with van der Waals surface area (Å²) in [6.45, 7) is 5.35. The van der Waals surface area contributed by atoms with Crippen LogP contribution in [-0.2, 0) is 12.7 Å². The monoisotopic (exact) mass is 377 g/mol. The van der Waals surface area contributed by atoms with E-state index in [4.69, 9.17) is 0 Å². The van der Waals surface area contributed by atoms with Crippen LogP contribution in [0.5, 0.6) is 5.88 Å². The Morgan fingerprint density at radius 1 is 1.37 bits per heavy atom. The summed E-state index contributed by atoms with van der Waals surface area (Å²) in [6, 6.07) is 6.23. The van der Waals surface area contributed by atoms with Gasteiger partial charge in [-0.25, -0.2) is 0 Å². The van der Waals surface area contributed by atoms with Gasteiger partial charge in [0, 0.05) is 12.8 Å². The van der Waals surface area contributed by atoms with Crippen molar-refractivity contribution in [2.75, 3.05) is 0 Å². The van der Waals surface area contributed by atoms with Crippen LogP contribution in [0.3, 0.4) is 0 Å². The van der Waals surface area contributed by atoms with Gasteiger partial charge in [0.1, 0.15) is 11.6 Å². The fourth-order valence-corrected chi connectivity index (χ4v) is 2.56. The lowest BCUT2D eigenvalue weighted by Gasteiger charge is -2.15. The molecule has 8 heteroatoms. The molecule has 5 nitrogen and oxygen atoms in total. The maximum atomic E-state index is 12.8. The quantitative estimate of drug-likeness (QED) is 0.813. The number of hydrogen-bond acceptors (Lipinski definition) is 4. The fourth-order valence-electron chi connectivity index (χ4n) is 2.56. The molecule has 0 aliphatic rings. The Bertz CT molecular complexity index is 983. The molecule has 0 atom stereocenters. The molecule has 0 amide bonds. The van der Waals surface area contributed by atoms with Crippen LogP contribution in [0.2, 0.25) is 0 Å². The molecule has 0 aliphatic heterocycles. The first-order valence-electron chi connectivity index (χ1n) is 8.14. The molecule has 0 bridgehead atoms. The third-order valence-electron chi connectivity index (χ3n) is 3.91. The fraction of sp³-hybridized carbons (Fsp3) is 0.316. The van der Waals surface area contributed by atoms with Crippen molar-refractivity contribution in [3.63, 3.8) is 0 Å². The van der Waals surface area contributed by atoms with Gasteiger partial charge < -0.3 is 5.11 Å². The molecule has 2 rings (SSSR count). The predicted octanol–water partition coefficient (Wildman–Crippen LogP) is 4.16. The van der Waals surface area contributed by atoms with E-state index in [2.05, 4.69) is 4.99 Å². The SMILES string of the molecule is Cc1c(C=Nc2cccc(C(F)(F)F)c2)c(O)n(CC(C)C)c(=O)c1C#N. The first-order valence-corrected chi connectivity index (χ1v) is 8.14. The van der Waals surface area contributed by atoms with Crippen LogP contribution >= 0.6 is 0 Å². The Hall–Kier alpha value is -3.08. The minimum Gasteiger partial charge on any atom is -0.494 e.